The Bertz CT molecular complexity index is 885. The van der Waals surface area contributed by atoms with Gasteiger partial charge in [-0.1, -0.05) is 12.1 Å². The highest BCUT2D eigenvalue weighted by Crippen LogP contribution is 2.19. The molecule has 8 heteroatoms. The molecule has 1 aliphatic rings. The third-order valence-corrected chi connectivity index (χ3v) is 5.02. The first-order chi connectivity index (χ1) is 12.9. The Hall–Kier alpha value is -2.61. The van der Waals surface area contributed by atoms with E-state index in [9.17, 15) is 14.4 Å². The molecular formula is C19H26N4O4. The summed E-state index contributed by atoms with van der Waals surface area (Å²) < 4.78 is 6.66. The minimum atomic E-state index is -0.642. The van der Waals surface area contributed by atoms with E-state index < -0.39 is 11.8 Å². The maximum atomic E-state index is 13.0. The smallest absolute Gasteiger partial charge is 0.408 e. The summed E-state index contributed by atoms with van der Waals surface area (Å²) in [6, 6.07) is 6.46. The van der Waals surface area contributed by atoms with Gasteiger partial charge in [0.2, 0.25) is 11.8 Å². The van der Waals surface area contributed by atoms with Gasteiger partial charge in [-0.15, -0.1) is 0 Å². The highest BCUT2D eigenvalue weighted by Gasteiger charge is 2.27. The zero-order valence-electron chi connectivity index (χ0n) is 16.1. The van der Waals surface area contributed by atoms with Crippen LogP contribution in [-0.2, 0) is 9.59 Å². The summed E-state index contributed by atoms with van der Waals surface area (Å²) in [4.78, 5) is 42.6. The SMILES string of the molecule is CC(C(=O)N1CCCN(CC(=O)N(C)C)CC1)n1c(=O)oc2ccccc21. The number of nitrogens with zero attached hydrogens (tertiary/aromatic N) is 4. The highest BCUT2D eigenvalue weighted by atomic mass is 16.4. The van der Waals surface area contributed by atoms with E-state index in [4.69, 9.17) is 4.42 Å². The number of benzene rings is 1. The second-order valence-electron chi connectivity index (χ2n) is 7.12. The average Bonchev–Trinajstić information content (AvgIpc) is 2.81. The topological polar surface area (TPSA) is 79.0 Å². The molecule has 1 aromatic heterocycles. The number of carbonyl (C=O) groups is 2. The Labute approximate surface area is 157 Å². The van der Waals surface area contributed by atoms with Gasteiger partial charge in [0.15, 0.2) is 5.58 Å². The zero-order valence-corrected chi connectivity index (χ0v) is 16.1. The number of aromatic nitrogens is 1. The molecule has 1 unspecified atom stereocenters. The van der Waals surface area contributed by atoms with E-state index in [1.165, 1.54) is 4.57 Å². The van der Waals surface area contributed by atoms with E-state index >= 15 is 0 Å². The Kier molecular flexibility index (Phi) is 5.65. The molecule has 146 valence electrons. The van der Waals surface area contributed by atoms with Crippen molar-refractivity contribution >= 4 is 22.9 Å². The molecule has 0 bridgehead atoms. The molecule has 2 aromatic rings. The fourth-order valence-corrected chi connectivity index (χ4v) is 3.41. The van der Waals surface area contributed by atoms with Crippen LogP contribution in [0.2, 0.25) is 0 Å². The minimum Gasteiger partial charge on any atom is -0.408 e. The Morgan fingerprint density at radius 3 is 2.63 bits per heavy atom. The number of para-hydroxylation sites is 2. The van der Waals surface area contributed by atoms with Gasteiger partial charge < -0.3 is 14.2 Å². The number of oxazole rings is 1. The normalized spacial score (nSPS) is 16.9. The molecule has 27 heavy (non-hydrogen) atoms. The van der Waals surface area contributed by atoms with Gasteiger partial charge in [0.05, 0.1) is 12.1 Å². The van der Waals surface area contributed by atoms with Gasteiger partial charge in [0, 0.05) is 40.3 Å². The van der Waals surface area contributed by atoms with Crippen LogP contribution in [0, 0.1) is 0 Å². The summed E-state index contributed by atoms with van der Waals surface area (Å²) in [5, 5.41) is 0. The van der Waals surface area contributed by atoms with E-state index in [0.717, 1.165) is 13.0 Å². The maximum absolute atomic E-state index is 13.0. The summed E-state index contributed by atoms with van der Waals surface area (Å²) in [5.41, 5.74) is 1.10. The number of amides is 2. The van der Waals surface area contributed by atoms with Gasteiger partial charge in [-0.3, -0.25) is 19.1 Å². The van der Waals surface area contributed by atoms with Crippen LogP contribution in [0.4, 0.5) is 0 Å². The van der Waals surface area contributed by atoms with Crippen LogP contribution in [0.1, 0.15) is 19.4 Å². The van der Waals surface area contributed by atoms with Crippen molar-refractivity contribution in [2.75, 3.05) is 46.8 Å². The summed E-state index contributed by atoms with van der Waals surface area (Å²) in [6.45, 7) is 4.64. The van der Waals surface area contributed by atoms with Gasteiger partial charge in [-0.05, 0) is 25.5 Å². The maximum Gasteiger partial charge on any atom is 0.420 e. The van der Waals surface area contributed by atoms with E-state index in [0.29, 0.717) is 37.3 Å². The van der Waals surface area contributed by atoms with E-state index in [-0.39, 0.29) is 11.8 Å². The fraction of sp³-hybridized carbons (Fsp3) is 0.526. The van der Waals surface area contributed by atoms with Crippen molar-refractivity contribution in [3.05, 3.63) is 34.8 Å². The molecular weight excluding hydrogens is 348 g/mol. The van der Waals surface area contributed by atoms with Crippen LogP contribution >= 0.6 is 0 Å². The Balaban J connectivity index is 1.71. The fourth-order valence-electron chi connectivity index (χ4n) is 3.41. The van der Waals surface area contributed by atoms with Crippen molar-refractivity contribution in [3.63, 3.8) is 0 Å². The van der Waals surface area contributed by atoms with E-state index in [1.807, 2.05) is 6.07 Å². The second-order valence-corrected chi connectivity index (χ2v) is 7.12. The van der Waals surface area contributed by atoms with Crippen LogP contribution in [0.5, 0.6) is 0 Å². The Morgan fingerprint density at radius 2 is 1.89 bits per heavy atom. The first kappa shape index (κ1) is 19.2. The predicted octanol–water partition coefficient (Wildman–Crippen LogP) is 0.778. The van der Waals surface area contributed by atoms with Crippen LogP contribution < -0.4 is 5.76 Å². The standard InChI is InChI=1S/C19H26N4O4/c1-14(23-15-7-4-5-8-16(15)27-19(23)26)18(25)22-10-6-9-21(11-12-22)13-17(24)20(2)3/h4-5,7-8,14H,6,9-13H2,1-3H3. The van der Waals surface area contributed by atoms with Crippen molar-refractivity contribution in [2.45, 2.75) is 19.4 Å². The molecule has 1 atom stereocenters. The first-order valence-electron chi connectivity index (χ1n) is 9.20. The highest BCUT2D eigenvalue weighted by molar-refractivity contribution is 5.83. The van der Waals surface area contributed by atoms with Gasteiger partial charge in [0.1, 0.15) is 6.04 Å². The van der Waals surface area contributed by atoms with Crippen molar-refractivity contribution in [1.82, 2.24) is 19.3 Å². The zero-order chi connectivity index (χ0) is 19.6. The number of rotatable bonds is 4. The Morgan fingerprint density at radius 1 is 1.15 bits per heavy atom. The molecule has 0 radical (unpaired) electrons. The van der Waals surface area contributed by atoms with Gasteiger partial charge in [-0.2, -0.15) is 0 Å². The third kappa shape index (κ3) is 4.05. The number of hydrogen-bond acceptors (Lipinski definition) is 5. The lowest BCUT2D eigenvalue weighted by atomic mass is 10.2. The van der Waals surface area contributed by atoms with Crippen molar-refractivity contribution in [3.8, 4) is 0 Å². The summed E-state index contributed by atoms with van der Waals surface area (Å²) in [6.07, 6.45) is 0.792. The van der Waals surface area contributed by atoms with Gasteiger partial charge >= 0.3 is 5.76 Å². The second kappa shape index (κ2) is 7.96. The minimum absolute atomic E-state index is 0.0552. The van der Waals surface area contributed by atoms with Crippen molar-refractivity contribution in [1.29, 1.82) is 0 Å². The van der Waals surface area contributed by atoms with Gasteiger partial charge in [-0.25, -0.2) is 4.79 Å². The lowest BCUT2D eigenvalue weighted by molar-refractivity contribution is -0.134. The molecule has 8 nitrogen and oxygen atoms in total. The molecule has 0 spiro atoms. The summed E-state index contributed by atoms with van der Waals surface area (Å²) >= 11 is 0. The summed E-state index contributed by atoms with van der Waals surface area (Å²) in [7, 11) is 3.48. The molecule has 1 fully saturated rings. The third-order valence-electron chi connectivity index (χ3n) is 5.02. The lowest BCUT2D eigenvalue weighted by Gasteiger charge is -2.25. The van der Waals surface area contributed by atoms with Crippen LogP contribution in [0.15, 0.2) is 33.5 Å². The van der Waals surface area contributed by atoms with E-state index in [2.05, 4.69) is 4.90 Å². The van der Waals surface area contributed by atoms with Crippen LogP contribution in [-0.4, -0.2) is 77.9 Å². The predicted molar refractivity (Wildman–Crippen MR) is 102 cm³/mol. The molecule has 2 heterocycles. The van der Waals surface area contributed by atoms with Crippen molar-refractivity contribution < 1.29 is 14.0 Å². The van der Waals surface area contributed by atoms with E-state index in [1.54, 1.807) is 49.0 Å². The largest absolute Gasteiger partial charge is 0.420 e. The molecule has 0 aliphatic carbocycles. The molecule has 1 aliphatic heterocycles. The number of fused-ring (bicyclic) bond motifs is 1. The van der Waals surface area contributed by atoms with Crippen LogP contribution in [0.25, 0.3) is 11.1 Å². The quantitative estimate of drug-likeness (QED) is 0.790. The first-order valence-corrected chi connectivity index (χ1v) is 9.20. The number of hydrogen-bond donors (Lipinski definition) is 0. The molecule has 0 N–H and O–H groups in total. The summed E-state index contributed by atoms with van der Waals surface area (Å²) in [5.74, 6) is -0.575. The molecule has 1 aromatic carbocycles. The molecule has 1 saturated heterocycles. The molecule has 2 amide bonds. The van der Waals surface area contributed by atoms with Gasteiger partial charge in [0.25, 0.3) is 0 Å². The average molecular weight is 374 g/mol. The monoisotopic (exact) mass is 374 g/mol. The van der Waals surface area contributed by atoms with Crippen LogP contribution in [0.3, 0.4) is 0 Å². The molecule has 3 rings (SSSR count). The lowest BCUT2D eigenvalue weighted by Crippen LogP contribution is -2.42. The molecule has 0 saturated carbocycles. The van der Waals surface area contributed by atoms with Crippen molar-refractivity contribution in [2.24, 2.45) is 0 Å². The number of likely N-dealkylation sites (N-methyl/N-ethyl adjacent to an activating group) is 1. The number of carbonyl (C=O) groups excluding carboxylic acids is 2.